The minimum absolute atomic E-state index is 0.0798. The highest BCUT2D eigenvalue weighted by molar-refractivity contribution is 6.29. The molecule has 3 atom stereocenters. The molecule has 7 heteroatoms. The lowest BCUT2D eigenvalue weighted by atomic mass is 9.80. The second-order valence-electron chi connectivity index (χ2n) is 5.86. The number of Topliss-reactive ketones (excluding diaryl/α,β-unsaturated/α-hetero) is 1. The highest BCUT2D eigenvalue weighted by Gasteiger charge is 2.44. The third-order valence-electron chi connectivity index (χ3n) is 4.40. The molecule has 1 aromatic heterocycles. The van der Waals surface area contributed by atoms with Crippen molar-refractivity contribution in [2.45, 2.75) is 25.7 Å². The van der Waals surface area contributed by atoms with Gasteiger partial charge >= 0.3 is 5.97 Å². The Labute approximate surface area is 133 Å². The van der Waals surface area contributed by atoms with Gasteiger partial charge in [0.2, 0.25) is 0 Å². The average molecular weight is 324 g/mol. The van der Waals surface area contributed by atoms with Gasteiger partial charge < -0.3 is 10.1 Å². The smallest absolute Gasteiger partial charge is 0.309 e. The van der Waals surface area contributed by atoms with Crippen LogP contribution < -0.4 is 5.32 Å². The van der Waals surface area contributed by atoms with Crippen molar-refractivity contribution < 1.29 is 14.3 Å². The summed E-state index contributed by atoms with van der Waals surface area (Å²) in [5.74, 6) is 0.743. The predicted molar refractivity (Wildman–Crippen MR) is 80.4 cm³/mol. The second-order valence-corrected chi connectivity index (χ2v) is 6.25. The number of hydrogen-bond acceptors (Lipinski definition) is 6. The molecule has 0 aliphatic heterocycles. The van der Waals surface area contributed by atoms with Crippen LogP contribution in [0.2, 0.25) is 5.15 Å². The summed E-state index contributed by atoms with van der Waals surface area (Å²) in [7, 11) is 0. The van der Waals surface area contributed by atoms with Crippen LogP contribution in [0, 0.1) is 17.8 Å². The van der Waals surface area contributed by atoms with Crippen LogP contribution in [-0.4, -0.2) is 34.9 Å². The Balaban J connectivity index is 1.41. The van der Waals surface area contributed by atoms with Gasteiger partial charge in [-0.15, -0.1) is 0 Å². The van der Waals surface area contributed by atoms with E-state index in [1.54, 1.807) is 6.20 Å². The first kappa shape index (κ1) is 15.2. The number of fused-ring (bicyclic) bond motifs is 2. The summed E-state index contributed by atoms with van der Waals surface area (Å²) >= 11 is 5.73. The van der Waals surface area contributed by atoms with Crippen molar-refractivity contribution in [3.8, 4) is 0 Å². The van der Waals surface area contributed by atoms with Gasteiger partial charge in [0.05, 0.1) is 24.9 Å². The number of ketones is 1. The van der Waals surface area contributed by atoms with Gasteiger partial charge in [-0.2, -0.15) is 0 Å². The zero-order valence-corrected chi connectivity index (χ0v) is 12.9. The van der Waals surface area contributed by atoms with E-state index in [0.717, 1.165) is 12.8 Å². The van der Waals surface area contributed by atoms with Crippen LogP contribution in [0.5, 0.6) is 0 Å². The molecule has 3 rings (SSSR count). The van der Waals surface area contributed by atoms with Crippen LogP contribution in [0.15, 0.2) is 12.4 Å². The maximum absolute atomic E-state index is 12.1. The SMILES string of the molecule is O=C(OCCNc1cncc(Cl)n1)C1C[C@H]2CC[C@@H](C1)C2=O. The van der Waals surface area contributed by atoms with Crippen LogP contribution in [-0.2, 0) is 14.3 Å². The number of carbonyl (C=O) groups excluding carboxylic acids is 2. The molecule has 0 spiro atoms. The molecule has 22 heavy (non-hydrogen) atoms. The Kier molecular flexibility index (Phi) is 4.57. The van der Waals surface area contributed by atoms with Gasteiger partial charge in [-0.25, -0.2) is 4.98 Å². The number of anilines is 1. The molecule has 6 nitrogen and oxygen atoms in total. The first-order chi connectivity index (χ1) is 10.6. The highest BCUT2D eigenvalue weighted by atomic mass is 35.5. The van der Waals surface area contributed by atoms with Gasteiger partial charge in [-0.3, -0.25) is 14.6 Å². The molecule has 0 saturated heterocycles. The minimum atomic E-state index is -0.191. The Bertz CT molecular complexity index is 565. The molecule has 2 saturated carbocycles. The second kappa shape index (κ2) is 6.60. The number of esters is 1. The standard InChI is InChI=1S/C15H18ClN3O3/c16-12-7-17-8-13(19-12)18-3-4-22-15(21)11-5-9-1-2-10(6-11)14(9)20/h7-11H,1-6H2,(H,18,19)/t9-,10+,11?. The molecule has 2 aliphatic carbocycles. The van der Waals surface area contributed by atoms with E-state index in [4.69, 9.17) is 16.3 Å². The van der Waals surface area contributed by atoms with Crippen LogP contribution in [0.3, 0.4) is 0 Å². The van der Waals surface area contributed by atoms with E-state index >= 15 is 0 Å². The molecule has 2 fully saturated rings. The van der Waals surface area contributed by atoms with Crippen molar-refractivity contribution in [1.82, 2.24) is 9.97 Å². The minimum Gasteiger partial charge on any atom is -0.464 e. The van der Waals surface area contributed by atoms with Crippen molar-refractivity contribution in [2.24, 2.45) is 17.8 Å². The molecule has 1 heterocycles. The molecule has 118 valence electrons. The van der Waals surface area contributed by atoms with E-state index in [-0.39, 0.29) is 30.3 Å². The Hall–Kier alpha value is -1.69. The monoisotopic (exact) mass is 323 g/mol. The number of aromatic nitrogens is 2. The molecule has 2 aliphatic rings. The number of rotatable bonds is 5. The van der Waals surface area contributed by atoms with E-state index in [0.29, 0.717) is 36.1 Å². The zero-order chi connectivity index (χ0) is 15.5. The van der Waals surface area contributed by atoms with E-state index in [1.807, 2.05) is 0 Å². The normalized spacial score (nSPS) is 26.8. The molecule has 1 unspecified atom stereocenters. The number of ether oxygens (including phenoxy) is 1. The molecule has 0 aromatic carbocycles. The Morgan fingerprint density at radius 3 is 2.73 bits per heavy atom. The number of nitrogens with one attached hydrogen (secondary N) is 1. The van der Waals surface area contributed by atoms with Gasteiger partial charge in [-0.1, -0.05) is 11.6 Å². The van der Waals surface area contributed by atoms with Gasteiger partial charge in [0, 0.05) is 11.8 Å². The summed E-state index contributed by atoms with van der Waals surface area (Å²) in [5.41, 5.74) is 0. The van der Waals surface area contributed by atoms with Crippen molar-refractivity contribution in [2.75, 3.05) is 18.5 Å². The van der Waals surface area contributed by atoms with Crippen LogP contribution in [0.4, 0.5) is 5.82 Å². The third-order valence-corrected chi connectivity index (χ3v) is 4.58. The summed E-state index contributed by atoms with van der Waals surface area (Å²) in [6, 6.07) is 0. The predicted octanol–water partition coefficient (Wildman–Crippen LogP) is 2.09. The molecule has 1 N–H and O–H groups in total. The summed E-state index contributed by atoms with van der Waals surface area (Å²) in [4.78, 5) is 31.8. The molecule has 0 radical (unpaired) electrons. The average Bonchev–Trinajstić information content (AvgIpc) is 2.73. The summed E-state index contributed by atoms with van der Waals surface area (Å²) < 4.78 is 5.30. The van der Waals surface area contributed by atoms with Crippen molar-refractivity contribution in [3.63, 3.8) is 0 Å². The van der Waals surface area contributed by atoms with E-state index in [9.17, 15) is 9.59 Å². The fraction of sp³-hybridized carbons (Fsp3) is 0.600. The maximum Gasteiger partial charge on any atom is 0.309 e. The molecule has 1 aromatic rings. The lowest BCUT2D eigenvalue weighted by molar-refractivity contribution is -0.151. The maximum atomic E-state index is 12.1. The van der Waals surface area contributed by atoms with Crippen LogP contribution in [0.1, 0.15) is 25.7 Å². The lowest BCUT2D eigenvalue weighted by Gasteiger charge is -2.25. The van der Waals surface area contributed by atoms with E-state index in [2.05, 4.69) is 15.3 Å². The fourth-order valence-corrected chi connectivity index (χ4v) is 3.49. The molecular weight excluding hydrogens is 306 g/mol. The van der Waals surface area contributed by atoms with Crippen molar-refractivity contribution in [1.29, 1.82) is 0 Å². The first-order valence-electron chi connectivity index (χ1n) is 7.55. The van der Waals surface area contributed by atoms with Crippen molar-refractivity contribution in [3.05, 3.63) is 17.5 Å². The molecule has 2 bridgehead atoms. The van der Waals surface area contributed by atoms with Crippen LogP contribution in [0.25, 0.3) is 0 Å². The number of hydrogen-bond donors (Lipinski definition) is 1. The largest absolute Gasteiger partial charge is 0.464 e. The third kappa shape index (κ3) is 3.38. The molecular formula is C15H18ClN3O3. The van der Waals surface area contributed by atoms with Crippen LogP contribution >= 0.6 is 11.6 Å². The summed E-state index contributed by atoms with van der Waals surface area (Å²) in [6.45, 7) is 0.700. The number of halogens is 1. The fourth-order valence-electron chi connectivity index (χ4n) is 3.34. The lowest BCUT2D eigenvalue weighted by Crippen LogP contribution is -2.32. The van der Waals surface area contributed by atoms with Gasteiger partial charge in [0.15, 0.2) is 0 Å². The topological polar surface area (TPSA) is 81.2 Å². The van der Waals surface area contributed by atoms with E-state index < -0.39 is 0 Å². The Morgan fingerprint density at radius 2 is 2.05 bits per heavy atom. The first-order valence-corrected chi connectivity index (χ1v) is 7.93. The molecule has 0 amide bonds. The zero-order valence-electron chi connectivity index (χ0n) is 12.1. The highest BCUT2D eigenvalue weighted by Crippen LogP contribution is 2.42. The number of nitrogens with zero attached hydrogens (tertiary/aromatic N) is 2. The van der Waals surface area contributed by atoms with E-state index in [1.165, 1.54) is 6.20 Å². The summed E-state index contributed by atoms with van der Waals surface area (Å²) in [5, 5.41) is 3.30. The van der Waals surface area contributed by atoms with Gasteiger partial charge in [0.25, 0.3) is 0 Å². The summed E-state index contributed by atoms with van der Waals surface area (Å²) in [6.07, 6.45) is 6.18. The quantitative estimate of drug-likeness (QED) is 0.660. The van der Waals surface area contributed by atoms with Crippen molar-refractivity contribution >= 4 is 29.2 Å². The van der Waals surface area contributed by atoms with Gasteiger partial charge in [0.1, 0.15) is 23.4 Å². The Morgan fingerprint density at radius 1 is 1.32 bits per heavy atom. The van der Waals surface area contributed by atoms with Gasteiger partial charge in [-0.05, 0) is 25.7 Å². The number of carbonyl (C=O) groups is 2.